The third-order valence-electron chi connectivity index (χ3n) is 6.22. The van der Waals surface area contributed by atoms with Crippen LogP contribution in [0.15, 0.2) is 48.5 Å². The molecule has 1 aliphatic heterocycles. The highest BCUT2D eigenvalue weighted by molar-refractivity contribution is 7.91. The van der Waals surface area contributed by atoms with Crippen LogP contribution in [0.5, 0.6) is 0 Å². The number of benzene rings is 2. The molecule has 1 fully saturated rings. The van der Waals surface area contributed by atoms with E-state index in [2.05, 4.69) is 22.8 Å². The average molecular weight is 472 g/mol. The van der Waals surface area contributed by atoms with E-state index in [9.17, 15) is 23.1 Å². The number of nitrogens with one attached hydrogen (secondary N) is 2. The van der Waals surface area contributed by atoms with Gasteiger partial charge in [0, 0.05) is 43.3 Å². The van der Waals surface area contributed by atoms with Crippen LogP contribution in [-0.2, 0) is 22.7 Å². The van der Waals surface area contributed by atoms with E-state index < -0.39 is 15.9 Å². The second-order valence-electron chi connectivity index (χ2n) is 8.67. The number of hydrogen-bond donors (Lipinski definition) is 3. The molecule has 2 aromatic carbocycles. The zero-order valence-electron chi connectivity index (χ0n) is 18.4. The van der Waals surface area contributed by atoms with Crippen molar-refractivity contribution in [3.63, 3.8) is 0 Å². The first-order chi connectivity index (χ1) is 15.8. The van der Waals surface area contributed by atoms with Gasteiger partial charge in [0.05, 0.1) is 17.6 Å². The SMILES string of the molecule is O=C(NC[C@@H](O)CNC1Cc2ccccc2C1)c1ccc(C(=O)N2CCS(=O)(=O)CC2)cc1. The molecule has 3 N–H and O–H groups in total. The number of aliphatic hydroxyl groups excluding tert-OH is 1. The summed E-state index contributed by atoms with van der Waals surface area (Å²) in [5, 5.41) is 16.3. The molecule has 2 amide bonds. The Balaban J connectivity index is 1.20. The van der Waals surface area contributed by atoms with E-state index in [4.69, 9.17) is 0 Å². The van der Waals surface area contributed by atoms with E-state index in [0.717, 1.165) is 12.8 Å². The van der Waals surface area contributed by atoms with Crippen LogP contribution in [-0.4, -0.2) is 80.1 Å². The number of aliphatic hydroxyl groups is 1. The minimum absolute atomic E-state index is 0.0237. The molecule has 2 aliphatic rings. The van der Waals surface area contributed by atoms with E-state index in [1.807, 2.05) is 12.1 Å². The Hall–Kier alpha value is -2.75. The van der Waals surface area contributed by atoms with Crippen LogP contribution in [0.2, 0.25) is 0 Å². The quantitative estimate of drug-likeness (QED) is 0.539. The maximum atomic E-state index is 12.6. The normalized spacial score (nSPS) is 18.5. The fourth-order valence-electron chi connectivity index (χ4n) is 4.25. The van der Waals surface area contributed by atoms with Crippen molar-refractivity contribution in [1.82, 2.24) is 15.5 Å². The fraction of sp³-hybridized carbons (Fsp3) is 0.417. The molecule has 0 aromatic heterocycles. The minimum atomic E-state index is -3.06. The Kier molecular flexibility index (Phi) is 7.11. The van der Waals surface area contributed by atoms with E-state index in [0.29, 0.717) is 17.7 Å². The standard InChI is InChI=1S/C24H29N3O5S/c28-22(15-25-21-13-19-3-1-2-4-20(19)14-21)16-26-23(29)17-5-7-18(8-6-17)24(30)27-9-11-33(31,32)12-10-27/h1-8,21-22,25,28H,9-16H2,(H,26,29)/t22-/m0/s1. The van der Waals surface area contributed by atoms with Crippen LogP contribution < -0.4 is 10.6 Å². The number of amides is 2. The van der Waals surface area contributed by atoms with Gasteiger partial charge in [-0.3, -0.25) is 9.59 Å². The van der Waals surface area contributed by atoms with Gasteiger partial charge in [-0.05, 0) is 48.2 Å². The molecule has 0 bridgehead atoms. The van der Waals surface area contributed by atoms with Gasteiger partial charge in [-0.2, -0.15) is 0 Å². The summed E-state index contributed by atoms with van der Waals surface area (Å²) >= 11 is 0. The zero-order chi connectivity index (χ0) is 23.4. The van der Waals surface area contributed by atoms with Gasteiger partial charge in [0.2, 0.25) is 0 Å². The number of carbonyl (C=O) groups is 2. The number of sulfone groups is 1. The van der Waals surface area contributed by atoms with Gasteiger partial charge >= 0.3 is 0 Å². The van der Waals surface area contributed by atoms with Gasteiger partial charge < -0.3 is 20.6 Å². The van der Waals surface area contributed by atoms with Gasteiger partial charge in [-0.25, -0.2) is 8.42 Å². The number of rotatable bonds is 7. The van der Waals surface area contributed by atoms with Crippen molar-refractivity contribution in [3.05, 3.63) is 70.8 Å². The lowest BCUT2D eigenvalue weighted by atomic mass is 10.1. The van der Waals surface area contributed by atoms with Gasteiger partial charge in [0.25, 0.3) is 11.8 Å². The summed E-state index contributed by atoms with van der Waals surface area (Å²) in [6.07, 6.45) is 1.16. The monoisotopic (exact) mass is 471 g/mol. The maximum absolute atomic E-state index is 12.6. The molecule has 176 valence electrons. The molecule has 0 unspecified atom stereocenters. The largest absolute Gasteiger partial charge is 0.390 e. The van der Waals surface area contributed by atoms with Crippen molar-refractivity contribution in [2.75, 3.05) is 37.7 Å². The molecular formula is C24H29N3O5S. The van der Waals surface area contributed by atoms with Crippen molar-refractivity contribution in [2.45, 2.75) is 25.0 Å². The predicted molar refractivity (Wildman–Crippen MR) is 125 cm³/mol. The summed E-state index contributed by atoms with van der Waals surface area (Å²) in [7, 11) is -3.06. The van der Waals surface area contributed by atoms with Gasteiger partial charge in [0.15, 0.2) is 9.84 Å². The lowest BCUT2D eigenvalue weighted by Crippen LogP contribution is -2.43. The predicted octanol–water partition coefficient (Wildman–Crippen LogP) is 0.405. The highest BCUT2D eigenvalue weighted by Crippen LogP contribution is 2.21. The van der Waals surface area contributed by atoms with Gasteiger partial charge in [-0.15, -0.1) is 0 Å². The van der Waals surface area contributed by atoms with Crippen LogP contribution in [0.1, 0.15) is 31.8 Å². The first-order valence-electron chi connectivity index (χ1n) is 11.2. The second kappa shape index (κ2) is 10.0. The Morgan fingerprint density at radius 2 is 1.52 bits per heavy atom. The first kappa shape index (κ1) is 23.4. The van der Waals surface area contributed by atoms with Crippen LogP contribution in [0.4, 0.5) is 0 Å². The number of fused-ring (bicyclic) bond motifs is 1. The van der Waals surface area contributed by atoms with E-state index in [1.54, 1.807) is 24.3 Å². The Morgan fingerprint density at radius 3 is 2.12 bits per heavy atom. The molecule has 4 rings (SSSR count). The molecular weight excluding hydrogens is 442 g/mol. The third-order valence-corrected chi connectivity index (χ3v) is 7.83. The van der Waals surface area contributed by atoms with E-state index >= 15 is 0 Å². The van der Waals surface area contributed by atoms with Crippen LogP contribution >= 0.6 is 0 Å². The minimum Gasteiger partial charge on any atom is -0.390 e. The molecule has 1 atom stereocenters. The molecule has 2 aromatic rings. The van der Waals surface area contributed by atoms with E-state index in [1.165, 1.54) is 16.0 Å². The van der Waals surface area contributed by atoms with Crippen molar-refractivity contribution in [1.29, 1.82) is 0 Å². The van der Waals surface area contributed by atoms with Crippen LogP contribution in [0, 0.1) is 0 Å². The second-order valence-corrected chi connectivity index (χ2v) is 11.0. The molecule has 0 saturated carbocycles. The summed E-state index contributed by atoms with van der Waals surface area (Å²) in [6, 6.07) is 14.9. The molecule has 1 heterocycles. The first-order valence-corrected chi connectivity index (χ1v) is 13.0. The lowest BCUT2D eigenvalue weighted by molar-refractivity contribution is 0.0769. The highest BCUT2D eigenvalue weighted by Gasteiger charge is 2.26. The Labute approximate surface area is 193 Å². The summed E-state index contributed by atoms with van der Waals surface area (Å²) in [5.74, 6) is -0.619. The molecule has 0 spiro atoms. The van der Waals surface area contributed by atoms with Gasteiger partial charge in [-0.1, -0.05) is 24.3 Å². The molecule has 9 heteroatoms. The molecule has 1 saturated heterocycles. The molecule has 8 nitrogen and oxygen atoms in total. The summed E-state index contributed by atoms with van der Waals surface area (Å²) in [5.41, 5.74) is 3.47. The summed E-state index contributed by atoms with van der Waals surface area (Å²) in [6.45, 7) is 0.872. The lowest BCUT2D eigenvalue weighted by Gasteiger charge is -2.26. The maximum Gasteiger partial charge on any atom is 0.253 e. The van der Waals surface area contributed by atoms with Crippen molar-refractivity contribution >= 4 is 21.7 Å². The number of nitrogens with zero attached hydrogens (tertiary/aromatic N) is 1. The zero-order valence-corrected chi connectivity index (χ0v) is 19.2. The topological polar surface area (TPSA) is 116 Å². The summed E-state index contributed by atoms with van der Waals surface area (Å²) < 4.78 is 23.1. The molecule has 33 heavy (non-hydrogen) atoms. The number of carbonyl (C=O) groups excluding carboxylic acids is 2. The fourth-order valence-corrected chi connectivity index (χ4v) is 5.45. The highest BCUT2D eigenvalue weighted by atomic mass is 32.2. The van der Waals surface area contributed by atoms with Gasteiger partial charge in [0.1, 0.15) is 0 Å². The van der Waals surface area contributed by atoms with Crippen molar-refractivity contribution < 1.29 is 23.1 Å². The number of hydrogen-bond acceptors (Lipinski definition) is 6. The summed E-state index contributed by atoms with van der Waals surface area (Å²) in [4.78, 5) is 26.5. The molecule has 0 radical (unpaired) electrons. The third kappa shape index (κ3) is 5.98. The smallest absolute Gasteiger partial charge is 0.253 e. The van der Waals surface area contributed by atoms with Crippen LogP contribution in [0.3, 0.4) is 0 Å². The Bertz CT molecular complexity index is 1080. The molecule has 1 aliphatic carbocycles. The van der Waals surface area contributed by atoms with Crippen molar-refractivity contribution in [2.24, 2.45) is 0 Å². The van der Waals surface area contributed by atoms with E-state index in [-0.39, 0.29) is 49.0 Å². The van der Waals surface area contributed by atoms with Crippen LogP contribution in [0.25, 0.3) is 0 Å². The van der Waals surface area contributed by atoms with Crippen molar-refractivity contribution in [3.8, 4) is 0 Å². The average Bonchev–Trinajstić information content (AvgIpc) is 3.24. The Morgan fingerprint density at radius 1 is 0.939 bits per heavy atom.